The Morgan fingerprint density at radius 2 is 2.13 bits per heavy atom. The van der Waals surface area contributed by atoms with E-state index < -0.39 is 0 Å². The number of thiazole rings is 1. The third kappa shape index (κ3) is 3.18. The molecule has 0 aliphatic heterocycles. The van der Waals surface area contributed by atoms with Gasteiger partial charge >= 0.3 is 0 Å². The van der Waals surface area contributed by atoms with Gasteiger partial charge in [0.2, 0.25) is 0 Å². The van der Waals surface area contributed by atoms with Crippen LogP contribution in [-0.4, -0.2) is 29.1 Å². The molecule has 0 fully saturated rings. The highest BCUT2D eigenvalue weighted by atomic mass is 32.1. The van der Waals surface area contributed by atoms with Gasteiger partial charge in [-0.05, 0) is 25.5 Å². The lowest BCUT2D eigenvalue weighted by Gasteiger charge is -2.18. The molecular weight excluding hydrogens is 308 g/mol. The molecule has 120 valence electrons. The fraction of sp³-hybridized carbons (Fsp3) is 0.353. The molecule has 0 saturated carbocycles. The van der Waals surface area contributed by atoms with Crippen LogP contribution in [0.1, 0.15) is 29.3 Å². The first-order chi connectivity index (χ1) is 11.1. The van der Waals surface area contributed by atoms with E-state index in [1.807, 2.05) is 20.0 Å². The zero-order valence-electron chi connectivity index (χ0n) is 13.8. The molecule has 0 spiro atoms. The molecule has 0 bridgehead atoms. The maximum absolute atomic E-state index is 5.32. The fourth-order valence-electron chi connectivity index (χ4n) is 2.53. The average molecular weight is 328 g/mol. The summed E-state index contributed by atoms with van der Waals surface area (Å²) < 4.78 is 5.32. The predicted molar refractivity (Wildman–Crippen MR) is 93.9 cm³/mol. The minimum absolute atomic E-state index is 0.0292. The van der Waals surface area contributed by atoms with Gasteiger partial charge in [-0.15, -0.1) is 11.3 Å². The van der Waals surface area contributed by atoms with Gasteiger partial charge in [-0.1, -0.05) is 12.1 Å². The van der Waals surface area contributed by atoms with Crippen LogP contribution in [0.5, 0.6) is 0 Å². The summed E-state index contributed by atoms with van der Waals surface area (Å²) in [5.74, 6) is 0.924. The van der Waals surface area contributed by atoms with E-state index in [2.05, 4.69) is 44.3 Å². The van der Waals surface area contributed by atoms with Gasteiger partial charge < -0.3 is 9.64 Å². The van der Waals surface area contributed by atoms with E-state index in [0.717, 1.165) is 33.0 Å². The number of fused-ring (bicyclic) bond motifs is 1. The van der Waals surface area contributed by atoms with Crippen molar-refractivity contribution in [2.45, 2.75) is 26.5 Å². The van der Waals surface area contributed by atoms with Crippen molar-refractivity contribution in [2.24, 2.45) is 0 Å². The first-order valence-electron chi connectivity index (χ1n) is 7.48. The molecule has 0 radical (unpaired) electrons. The Balaban J connectivity index is 1.88. The van der Waals surface area contributed by atoms with Crippen molar-refractivity contribution in [3.63, 3.8) is 0 Å². The number of rotatable bonds is 5. The van der Waals surface area contributed by atoms with Gasteiger partial charge in [0.1, 0.15) is 23.3 Å². The number of benzene rings is 1. The molecule has 1 aromatic carbocycles. The van der Waals surface area contributed by atoms with Gasteiger partial charge in [-0.3, -0.25) is 0 Å². The summed E-state index contributed by atoms with van der Waals surface area (Å²) >= 11 is 1.63. The molecule has 23 heavy (non-hydrogen) atoms. The number of para-hydroxylation sites is 1. The second kappa shape index (κ2) is 6.60. The number of anilines is 1. The Labute approximate surface area is 140 Å². The second-order valence-electron chi connectivity index (χ2n) is 5.58. The summed E-state index contributed by atoms with van der Waals surface area (Å²) in [6, 6.07) is 6.17. The molecule has 0 aliphatic rings. The van der Waals surface area contributed by atoms with Crippen LogP contribution < -0.4 is 4.90 Å². The lowest BCUT2D eigenvalue weighted by Crippen LogP contribution is -2.18. The van der Waals surface area contributed by atoms with Gasteiger partial charge in [-0.25, -0.2) is 15.0 Å². The van der Waals surface area contributed by atoms with Crippen LogP contribution >= 0.6 is 11.3 Å². The van der Waals surface area contributed by atoms with Crippen LogP contribution in [0.25, 0.3) is 10.9 Å². The Morgan fingerprint density at radius 1 is 1.30 bits per heavy atom. The van der Waals surface area contributed by atoms with Crippen LogP contribution in [0.3, 0.4) is 0 Å². The van der Waals surface area contributed by atoms with Crippen molar-refractivity contribution in [1.29, 1.82) is 0 Å². The van der Waals surface area contributed by atoms with Crippen molar-refractivity contribution >= 4 is 28.1 Å². The number of ether oxygens (including phenoxy) is 1. The predicted octanol–water partition coefficient (Wildman–Crippen LogP) is 3.74. The van der Waals surface area contributed by atoms with E-state index >= 15 is 0 Å². The summed E-state index contributed by atoms with van der Waals surface area (Å²) in [6.45, 7) is 4.78. The number of aromatic nitrogens is 3. The van der Waals surface area contributed by atoms with E-state index in [4.69, 9.17) is 4.74 Å². The van der Waals surface area contributed by atoms with Crippen LogP contribution in [-0.2, 0) is 11.3 Å². The highest BCUT2D eigenvalue weighted by Crippen LogP contribution is 2.26. The van der Waals surface area contributed by atoms with E-state index in [1.165, 1.54) is 0 Å². The number of hydrogen-bond donors (Lipinski definition) is 0. The van der Waals surface area contributed by atoms with Crippen LogP contribution in [0, 0.1) is 6.92 Å². The van der Waals surface area contributed by atoms with Crippen LogP contribution in [0.2, 0.25) is 0 Å². The lowest BCUT2D eigenvalue weighted by atomic mass is 10.1. The van der Waals surface area contributed by atoms with Gasteiger partial charge in [0.15, 0.2) is 0 Å². The molecule has 0 amide bonds. The Hall–Kier alpha value is -2.05. The molecule has 0 unspecified atom stereocenters. The van der Waals surface area contributed by atoms with Crippen molar-refractivity contribution in [3.8, 4) is 0 Å². The van der Waals surface area contributed by atoms with Gasteiger partial charge in [0.25, 0.3) is 0 Å². The molecule has 3 rings (SSSR count). The monoisotopic (exact) mass is 328 g/mol. The van der Waals surface area contributed by atoms with Crippen molar-refractivity contribution in [1.82, 2.24) is 15.0 Å². The van der Waals surface area contributed by atoms with Gasteiger partial charge in [0, 0.05) is 24.9 Å². The smallest absolute Gasteiger partial charge is 0.139 e. The van der Waals surface area contributed by atoms with Crippen LogP contribution in [0.15, 0.2) is 29.9 Å². The van der Waals surface area contributed by atoms with E-state index in [9.17, 15) is 0 Å². The van der Waals surface area contributed by atoms with Gasteiger partial charge in [-0.2, -0.15) is 0 Å². The maximum atomic E-state index is 5.32. The summed E-state index contributed by atoms with van der Waals surface area (Å²) in [5.41, 5.74) is 3.18. The zero-order valence-corrected chi connectivity index (χ0v) is 14.6. The Kier molecular flexibility index (Phi) is 4.54. The second-order valence-corrected chi connectivity index (χ2v) is 6.47. The number of nitrogens with zero attached hydrogens (tertiary/aromatic N) is 4. The van der Waals surface area contributed by atoms with Crippen molar-refractivity contribution < 1.29 is 4.74 Å². The molecule has 3 aromatic rings. The van der Waals surface area contributed by atoms with Crippen molar-refractivity contribution in [3.05, 3.63) is 46.2 Å². The molecule has 6 heteroatoms. The topological polar surface area (TPSA) is 51.1 Å². The summed E-state index contributed by atoms with van der Waals surface area (Å²) in [4.78, 5) is 15.6. The van der Waals surface area contributed by atoms with Gasteiger partial charge in [0.05, 0.1) is 17.8 Å². The van der Waals surface area contributed by atoms with E-state index in [0.29, 0.717) is 6.54 Å². The lowest BCUT2D eigenvalue weighted by molar-refractivity contribution is 0.119. The largest absolute Gasteiger partial charge is 0.375 e. The molecule has 0 N–H and O–H groups in total. The third-order valence-corrected chi connectivity index (χ3v) is 4.93. The minimum Gasteiger partial charge on any atom is -0.375 e. The first kappa shape index (κ1) is 15.8. The normalized spacial score (nSPS) is 12.5. The molecule has 2 aromatic heterocycles. The van der Waals surface area contributed by atoms with E-state index in [-0.39, 0.29) is 6.10 Å². The molecular formula is C17H20N4OS. The SMILES string of the molecule is CO[C@@H](C)c1nc(CN(C)c2ncnc3c(C)cccc23)cs1. The number of hydrogen-bond acceptors (Lipinski definition) is 6. The highest BCUT2D eigenvalue weighted by Gasteiger charge is 2.13. The zero-order chi connectivity index (χ0) is 16.4. The molecule has 5 nitrogen and oxygen atoms in total. The maximum Gasteiger partial charge on any atom is 0.139 e. The fourth-order valence-corrected chi connectivity index (χ4v) is 3.37. The molecule has 2 heterocycles. The average Bonchev–Trinajstić information content (AvgIpc) is 3.02. The molecule has 1 atom stereocenters. The number of methoxy groups -OCH3 is 1. The Bertz CT molecular complexity index is 817. The first-order valence-corrected chi connectivity index (χ1v) is 8.36. The summed E-state index contributed by atoms with van der Waals surface area (Å²) in [7, 11) is 3.73. The van der Waals surface area contributed by atoms with Crippen molar-refractivity contribution in [2.75, 3.05) is 19.1 Å². The summed E-state index contributed by atoms with van der Waals surface area (Å²) in [5, 5.41) is 4.14. The molecule has 0 aliphatic carbocycles. The van der Waals surface area contributed by atoms with Crippen LogP contribution in [0.4, 0.5) is 5.82 Å². The van der Waals surface area contributed by atoms with E-state index in [1.54, 1.807) is 24.8 Å². The quantitative estimate of drug-likeness (QED) is 0.714. The number of aryl methyl sites for hydroxylation is 1. The summed E-state index contributed by atoms with van der Waals surface area (Å²) in [6.07, 6.45) is 1.65. The Morgan fingerprint density at radius 3 is 2.91 bits per heavy atom. The molecule has 0 saturated heterocycles. The third-order valence-electron chi connectivity index (χ3n) is 3.88. The highest BCUT2D eigenvalue weighted by molar-refractivity contribution is 7.09. The minimum atomic E-state index is 0.0292. The standard InChI is InChI=1S/C17H20N4OS/c1-11-6-5-7-14-15(11)18-10-19-16(14)21(3)8-13-9-23-17(20-13)12(2)22-4/h5-7,9-10,12H,8H2,1-4H3/t12-/m0/s1.